The highest BCUT2D eigenvalue weighted by Crippen LogP contribution is 2.26. The van der Waals surface area contributed by atoms with Gasteiger partial charge < -0.3 is 10.0 Å². The number of nitrogens with zero attached hydrogens (tertiary/aromatic N) is 2. The number of non-ortho nitro benzene ring substituents is 1. The van der Waals surface area contributed by atoms with Crippen LogP contribution in [0.2, 0.25) is 0 Å². The van der Waals surface area contributed by atoms with E-state index in [1.165, 1.54) is 12.1 Å². The predicted molar refractivity (Wildman–Crippen MR) is 56.4 cm³/mol. The molecular weight excluding hydrogens is 212 g/mol. The van der Waals surface area contributed by atoms with Gasteiger partial charge in [-0.15, -0.1) is 0 Å². The van der Waals surface area contributed by atoms with Crippen LogP contribution in [0.1, 0.15) is 0 Å². The Morgan fingerprint density at radius 2 is 1.94 bits per heavy atom. The number of aliphatic carboxylic acids is 1. The smallest absolute Gasteiger partial charge is 0.310 e. The van der Waals surface area contributed by atoms with E-state index in [4.69, 9.17) is 5.11 Å². The van der Waals surface area contributed by atoms with E-state index >= 15 is 0 Å². The van der Waals surface area contributed by atoms with Gasteiger partial charge in [0.1, 0.15) is 0 Å². The number of carboxylic acid groups (broad SMARTS) is 1. The molecule has 1 N–H and O–H groups in total. The number of nitro benzene ring substituents is 1. The fourth-order valence-corrected chi connectivity index (χ4v) is 1.63. The van der Waals surface area contributed by atoms with Crippen molar-refractivity contribution in [1.82, 2.24) is 0 Å². The molecule has 0 unspecified atom stereocenters. The van der Waals surface area contributed by atoms with E-state index in [9.17, 15) is 14.9 Å². The zero-order chi connectivity index (χ0) is 11.7. The first-order valence-electron chi connectivity index (χ1n) is 4.80. The third-order valence-electron chi connectivity index (χ3n) is 2.66. The number of carboxylic acids is 1. The van der Waals surface area contributed by atoms with Crippen LogP contribution in [0.15, 0.2) is 24.3 Å². The maximum atomic E-state index is 10.6. The van der Waals surface area contributed by atoms with Gasteiger partial charge in [-0.05, 0) is 12.1 Å². The maximum Gasteiger partial charge on any atom is 0.310 e. The van der Waals surface area contributed by atoms with E-state index in [0.29, 0.717) is 13.1 Å². The monoisotopic (exact) mass is 222 g/mol. The highest BCUT2D eigenvalue weighted by atomic mass is 16.6. The van der Waals surface area contributed by atoms with Gasteiger partial charge in [0.2, 0.25) is 0 Å². The third kappa shape index (κ3) is 1.81. The SMILES string of the molecule is O=C(O)C1CN(c2ccc([N+](=O)[O-])cc2)C1. The van der Waals surface area contributed by atoms with Crippen LogP contribution in [-0.4, -0.2) is 29.1 Å². The van der Waals surface area contributed by atoms with Crippen LogP contribution >= 0.6 is 0 Å². The molecule has 0 bridgehead atoms. The van der Waals surface area contributed by atoms with E-state index < -0.39 is 10.9 Å². The second kappa shape index (κ2) is 3.80. The average molecular weight is 222 g/mol. The lowest BCUT2D eigenvalue weighted by Gasteiger charge is -2.38. The fourth-order valence-electron chi connectivity index (χ4n) is 1.63. The van der Waals surface area contributed by atoms with Gasteiger partial charge in [0, 0.05) is 30.9 Å². The van der Waals surface area contributed by atoms with Crippen LogP contribution in [0.5, 0.6) is 0 Å². The summed E-state index contributed by atoms with van der Waals surface area (Å²) >= 11 is 0. The summed E-state index contributed by atoms with van der Waals surface area (Å²) < 4.78 is 0. The molecule has 6 heteroatoms. The van der Waals surface area contributed by atoms with Crippen molar-refractivity contribution >= 4 is 17.3 Å². The van der Waals surface area contributed by atoms with Gasteiger partial charge in [-0.2, -0.15) is 0 Å². The number of benzene rings is 1. The molecule has 2 rings (SSSR count). The molecule has 0 amide bonds. The Hall–Kier alpha value is -2.11. The molecule has 16 heavy (non-hydrogen) atoms. The number of anilines is 1. The Bertz CT molecular complexity index is 423. The zero-order valence-corrected chi connectivity index (χ0v) is 8.37. The van der Waals surface area contributed by atoms with E-state index in [1.807, 2.05) is 4.90 Å². The van der Waals surface area contributed by atoms with Crippen molar-refractivity contribution < 1.29 is 14.8 Å². The second-order valence-electron chi connectivity index (χ2n) is 3.71. The summed E-state index contributed by atoms with van der Waals surface area (Å²) in [5.74, 6) is -1.12. The molecule has 0 spiro atoms. The van der Waals surface area contributed by atoms with E-state index in [0.717, 1.165) is 5.69 Å². The molecule has 84 valence electrons. The Balaban J connectivity index is 2.02. The Labute approximate surface area is 91.3 Å². The van der Waals surface area contributed by atoms with Crippen molar-refractivity contribution in [3.63, 3.8) is 0 Å². The lowest BCUT2D eigenvalue weighted by atomic mass is 9.99. The Morgan fingerprint density at radius 1 is 1.38 bits per heavy atom. The molecule has 1 saturated heterocycles. The van der Waals surface area contributed by atoms with Crippen LogP contribution in [-0.2, 0) is 4.79 Å². The molecule has 1 aliphatic rings. The second-order valence-corrected chi connectivity index (χ2v) is 3.71. The molecule has 1 aromatic carbocycles. The molecule has 0 radical (unpaired) electrons. The first kappa shape index (κ1) is 10.4. The van der Waals surface area contributed by atoms with Gasteiger partial charge in [0.05, 0.1) is 10.8 Å². The minimum absolute atomic E-state index is 0.0408. The van der Waals surface area contributed by atoms with Crippen molar-refractivity contribution in [1.29, 1.82) is 0 Å². The van der Waals surface area contributed by atoms with Crippen molar-refractivity contribution in [3.05, 3.63) is 34.4 Å². The molecule has 1 aliphatic heterocycles. The average Bonchev–Trinajstić information content (AvgIpc) is 2.15. The summed E-state index contributed by atoms with van der Waals surface area (Å²) in [5, 5.41) is 19.1. The topological polar surface area (TPSA) is 83.7 Å². The van der Waals surface area contributed by atoms with Gasteiger partial charge in [-0.3, -0.25) is 14.9 Å². The molecule has 0 aliphatic carbocycles. The molecule has 1 aromatic rings. The lowest BCUT2D eigenvalue weighted by molar-refractivity contribution is -0.384. The molecule has 0 saturated carbocycles. The van der Waals surface area contributed by atoms with Gasteiger partial charge in [0.25, 0.3) is 5.69 Å². The van der Waals surface area contributed by atoms with E-state index in [1.54, 1.807) is 12.1 Å². The standard InChI is InChI=1S/C10H10N2O4/c13-10(14)7-5-11(6-7)8-1-3-9(4-2-8)12(15)16/h1-4,7H,5-6H2,(H,13,14). The summed E-state index contributed by atoms with van der Waals surface area (Å²) in [6.07, 6.45) is 0. The maximum absolute atomic E-state index is 10.6. The zero-order valence-electron chi connectivity index (χ0n) is 8.37. The summed E-state index contributed by atoms with van der Waals surface area (Å²) in [5.41, 5.74) is 0.863. The number of carbonyl (C=O) groups is 1. The number of hydrogen-bond acceptors (Lipinski definition) is 4. The fraction of sp³-hybridized carbons (Fsp3) is 0.300. The highest BCUT2D eigenvalue weighted by Gasteiger charge is 2.32. The van der Waals surface area contributed by atoms with Crippen molar-refractivity contribution in [2.75, 3.05) is 18.0 Å². The Kier molecular flexibility index (Phi) is 2.47. The number of rotatable bonds is 3. The summed E-state index contributed by atoms with van der Waals surface area (Å²) in [6.45, 7) is 0.931. The Morgan fingerprint density at radius 3 is 2.38 bits per heavy atom. The van der Waals surface area contributed by atoms with Gasteiger partial charge in [-0.25, -0.2) is 0 Å². The van der Waals surface area contributed by atoms with Crippen molar-refractivity contribution in [2.24, 2.45) is 5.92 Å². The van der Waals surface area contributed by atoms with Gasteiger partial charge in [0.15, 0.2) is 0 Å². The van der Waals surface area contributed by atoms with Crippen molar-refractivity contribution in [2.45, 2.75) is 0 Å². The summed E-state index contributed by atoms with van der Waals surface area (Å²) in [6, 6.07) is 6.11. The number of hydrogen-bond donors (Lipinski definition) is 1. The largest absolute Gasteiger partial charge is 0.481 e. The van der Waals surface area contributed by atoms with E-state index in [2.05, 4.69) is 0 Å². The van der Waals surface area contributed by atoms with Gasteiger partial charge >= 0.3 is 5.97 Å². The first-order chi connectivity index (χ1) is 7.58. The van der Waals surface area contributed by atoms with Crippen LogP contribution < -0.4 is 4.90 Å². The lowest BCUT2D eigenvalue weighted by Crippen LogP contribution is -2.50. The number of nitro groups is 1. The predicted octanol–water partition coefficient (Wildman–Crippen LogP) is 1.12. The van der Waals surface area contributed by atoms with Crippen LogP contribution in [0.25, 0.3) is 0 Å². The van der Waals surface area contributed by atoms with E-state index in [-0.39, 0.29) is 11.6 Å². The van der Waals surface area contributed by atoms with Crippen LogP contribution in [0.4, 0.5) is 11.4 Å². The first-order valence-corrected chi connectivity index (χ1v) is 4.80. The molecule has 0 atom stereocenters. The quantitative estimate of drug-likeness (QED) is 0.611. The molecule has 0 aromatic heterocycles. The van der Waals surface area contributed by atoms with Crippen LogP contribution in [0.3, 0.4) is 0 Å². The summed E-state index contributed by atoms with van der Waals surface area (Å²) in [7, 11) is 0. The molecule has 1 fully saturated rings. The highest BCUT2D eigenvalue weighted by molar-refractivity contribution is 5.74. The van der Waals surface area contributed by atoms with Crippen molar-refractivity contribution in [3.8, 4) is 0 Å². The minimum atomic E-state index is -0.793. The minimum Gasteiger partial charge on any atom is -0.481 e. The normalized spacial score (nSPS) is 15.6. The molecule has 6 nitrogen and oxygen atoms in total. The summed E-state index contributed by atoms with van der Waals surface area (Å²) in [4.78, 5) is 22.4. The third-order valence-corrected chi connectivity index (χ3v) is 2.66. The van der Waals surface area contributed by atoms with Crippen LogP contribution in [0, 0.1) is 16.0 Å². The molecular formula is C10H10N2O4. The van der Waals surface area contributed by atoms with Gasteiger partial charge in [-0.1, -0.05) is 0 Å². The molecule has 1 heterocycles.